The quantitative estimate of drug-likeness (QED) is 0.110. The Kier molecular flexibility index (Phi) is 27.7. The summed E-state index contributed by atoms with van der Waals surface area (Å²) in [5.41, 5.74) is 14.9. The Labute approximate surface area is 725 Å². The van der Waals surface area contributed by atoms with Crippen LogP contribution in [0.2, 0.25) is 0 Å². The maximum Gasteiger partial charge on any atom is 0.381 e. The second-order valence-electron chi connectivity index (χ2n) is 26.8. The van der Waals surface area contributed by atoms with E-state index in [1.54, 1.807) is 31.0 Å². The minimum absolute atomic E-state index is 0. The van der Waals surface area contributed by atoms with Gasteiger partial charge in [-0.15, -0.1) is 208 Å². The van der Waals surface area contributed by atoms with Crippen molar-refractivity contribution in [1.82, 2.24) is 59.8 Å². The zero-order chi connectivity index (χ0) is 79.0. The molecule has 0 N–H and O–H groups in total. The van der Waals surface area contributed by atoms with Crippen molar-refractivity contribution in [2.45, 2.75) is 20.0 Å². The number of fused-ring (bicyclic) bond motifs is 11. The van der Waals surface area contributed by atoms with Crippen LogP contribution in [-0.4, -0.2) is 59.8 Å². The molecule has 0 saturated carbocycles. The van der Waals surface area contributed by atoms with E-state index in [9.17, 15) is 13.2 Å². The van der Waals surface area contributed by atoms with Crippen molar-refractivity contribution in [3.8, 4) is 79.1 Å². The first-order valence-electron chi connectivity index (χ1n) is 37.1. The molecule has 0 unspecified atom stereocenters. The first kappa shape index (κ1) is 83.5. The van der Waals surface area contributed by atoms with Gasteiger partial charge in [0.05, 0.1) is 34.0 Å². The summed E-state index contributed by atoms with van der Waals surface area (Å²) in [7, 11) is 0. The molecule has 21 rings (SSSR count). The van der Waals surface area contributed by atoms with Gasteiger partial charge in [0.15, 0.2) is 0 Å². The fraction of sp³-hybridized carbons (Fsp3) is 0.0297. The first-order valence-corrected chi connectivity index (χ1v) is 37.1. The van der Waals surface area contributed by atoms with Gasteiger partial charge in [0, 0.05) is 172 Å². The van der Waals surface area contributed by atoms with E-state index in [0.717, 1.165) is 122 Å². The van der Waals surface area contributed by atoms with Crippen molar-refractivity contribution in [3.05, 3.63) is 413 Å². The van der Waals surface area contributed by atoms with Gasteiger partial charge in [-0.25, -0.2) is 0 Å². The molecule has 0 aliphatic rings. The molecule has 9 aromatic heterocycles. The summed E-state index contributed by atoms with van der Waals surface area (Å²) >= 11 is 0. The number of benzene rings is 12. The number of rotatable bonds is 7. The number of halogens is 3. The number of pyridine rings is 6. The molecule has 12 nitrogen and oxygen atoms in total. The molecule has 583 valence electrons. The van der Waals surface area contributed by atoms with Crippen LogP contribution >= 0.6 is 0 Å². The minimum Gasteiger partial charge on any atom is -0.305 e. The number of alkyl halides is 3. The van der Waals surface area contributed by atoms with Gasteiger partial charge in [0.2, 0.25) is 0 Å². The molecule has 0 spiro atoms. The van der Waals surface area contributed by atoms with Crippen LogP contribution in [-0.2, 0) is 66.5 Å². The van der Waals surface area contributed by atoms with E-state index in [-0.39, 0.29) is 60.3 Å². The monoisotopic (exact) mass is 2080 g/mol. The van der Waals surface area contributed by atoms with Gasteiger partial charge in [-0.2, -0.15) is 13.2 Å². The van der Waals surface area contributed by atoms with Gasteiger partial charge in [-0.1, -0.05) is 129 Å². The Balaban J connectivity index is 0.000000123. The molecule has 21 aromatic rings. The number of nitrogens with zero attached hydrogens (tertiary/aromatic N) is 12. The second kappa shape index (κ2) is 39.5. The first-order chi connectivity index (χ1) is 57.0. The SMILES string of the molecule is Cc1[c-]c(-c2nccc3ccccc23)cc(C)c1.FC(F)(F)c1c[c-]c(-c2ncc3c(ccc4cnccc43)n2)cc1.[Ir].[Ir].[Ir].[c-]1ccccc1-c1cc(-c2ccccc2)ccn1.[c-]1ccccc1-c1cc2ccccc2cn1.[c-]1ccccc1-c1ncc2c(ccc3cnccc32)n1.[c-]1ccccc1-c1ncc2ccc3cnccc3c2n1. The van der Waals surface area contributed by atoms with Crippen LogP contribution in [0.3, 0.4) is 0 Å². The Morgan fingerprint density at radius 2 is 0.782 bits per heavy atom. The zero-order valence-corrected chi connectivity index (χ0v) is 70.7. The Morgan fingerprint density at radius 1 is 0.294 bits per heavy atom. The van der Waals surface area contributed by atoms with Gasteiger partial charge in [0.1, 0.15) is 0 Å². The topological polar surface area (TPSA) is 155 Å². The summed E-state index contributed by atoms with van der Waals surface area (Å²) in [5, 5.41) is 14.1. The van der Waals surface area contributed by atoms with Crippen LogP contribution in [0.15, 0.2) is 359 Å². The summed E-state index contributed by atoms with van der Waals surface area (Å²) in [5.74, 6) is 1.73. The number of aryl methyl sites for hydroxylation is 2. The van der Waals surface area contributed by atoms with E-state index in [4.69, 9.17) is 4.98 Å². The Hall–Kier alpha value is -13.4. The van der Waals surface area contributed by atoms with Gasteiger partial charge in [0.25, 0.3) is 0 Å². The van der Waals surface area contributed by atoms with Gasteiger partial charge in [-0.05, 0) is 109 Å². The molecule has 0 atom stereocenters. The van der Waals surface area contributed by atoms with Crippen LogP contribution in [0.25, 0.3) is 166 Å². The molecular weight excluding hydrogens is 2010 g/mol. The normalized spacial score (nSPS) is 10.7. The fourth-order valence-corrected chi connectivity index (χ4v) is 13.3. The molecule has 0 aliphatic heterocycles. The Morgan fingerprint density at radius 3 is 1.35 bits per heavy atom. The van der Waals surface area contributed by atoms with Crippen molar-refractivity contribution in [2.75, 3.05) is 0 Å². The number of hydrogen-bond donors (Lipinski definition) is 0. The van der Waals surface area contributed by atoms with E-state index in [2.05, 4.69) is 178 Å². The van der Waals surface area contributed by atoms with Crippen molar-refractivity contribution in [2.24, 2.45) is 0 Å². The summed E-state index contributed by atoms with van der Waals surface area (Å²) in [6.45, 7) is 4.18. The molecule has 0 saturated heterocycles. The predicted octanol–water partition coefficient (Wildman–Crippen LogP) is 24.2. The smallest absolute Gasteiger partial charge is 0.305 e. The van der Waals surface area contributed by atoms with Crippen LogP contribution < -0.4 is 0 Å². The largest absolute Gasteiger partial charge is 0.381 e. The van der Waals surface area contributed by atoms with Crippen molar-refractivity contribution in [1.29, 1.82) is 0 Å². The van der Waals surface area contributed by atoms with E-state index < -0.39 is 11.7 Å². The molecule has 12 aromatic carbocycles. The van der Waals surface area contributed by atoms with Crippen LogP contribution in [0.4, 0.5) is 13.2 Å². The fourth-order valence-electron chi connectivity index (χ4n) is 13.3. The molecule has 0 aliphatic carbocycles. The molecule has 0 amide bonds. The summed E-state index contributed by atoms with van der Waals surface area (Å²) in [4.78, 5) is 52.7. The summed E-state index contributed by atoms with van der Waals surface area (Å²) < 4.78 is 37.9. The van der Waals surface area contributed by atoms with E-state index in [1.807, 2.05) is 238 Å². The van der Waals surface area contributed by atoms with Crippen LogP contribution in [0.5, 0.6) is 0 Å². The summed E-state index contributed by atoms with van der Waals surface area (Å²) in [6.07, 6.45) is 17.4. The zero-order valence-electron chi connectivity index (χ0n) is 63.6. The third-order valence-electron chi connectivity index (χ3n) is 19.0. The van der Waals surface area contributed by atoms with Gasteiger partial charge >= 0.3 is 6.18 Å². The number of aromatic nitrogens is 12. The predicted molar refractivity (Wildman–Crippen MR) is 458 cm³/mol. The van der Waals surface area contributed by atoms with Gasteiger partial charge in [-0.3, -0.25) is 44.9 Å². The van der Waals surface area contributed by atoms with E-state index in [1.165, 1.54) is 44.3 Å². The average molecular weight is 2080 g/mol. The average Bonchev–Trinajstić information content (AvgIpc) is 0.784. The molecule has 3 radical (unpaired) electrons. The van der Waals surface area contributed by atoms with Gasteiger partial charge < -0.3 is 15.0 Å². The molecule has 18 heteroatoms. The molecule has 0 bridgehead atoms. The molecular formula is C101H65F3Ir3N12-6. The molecule has 0 fully saturated rings. The standard InChI is InChI=1S/C18H9F3N3.2C17H10N3.C17H14N.C17H12N.C15H10N.3Ir/c19-18(20,21)13-4-1-11(2-5-13)17-23-10-15-14-7-8-22-9-12(14)3-6-16(15)24-17;1-2-4-12(5-3-1)17-19-11-15-14-8-9-18-10-13(14)6-7-16(15)20-17;1-2-4-12(5-3-1)17-19-11-14-7-6-13-10-18-9-8-15(13)16(14)20-17;1-12-9-13(2)11-15(10-12)17-16-6-4-3-5-14(16)7-8-18-17;1-3-7-14(8-4-1)16-11-12-18-17(13-16)15-9-5-2-6-10-15;1-2-6-12(7-3-1)15-10-13-8-4-5-9-14(13)11-16-15;;;/h1,3-10H;2*1-4,6-11H;3-10H,1-2H3;1-9,11-13H;1-6,8-11H;;;/q6*-1;;;. The molecule has 9 heterocycles. The van der Waals surface area contributed by atoms with E-state index in [0.29, 0.717) is 28.6 Å². The van der Waals surface area contributed by atoms with Crippen LogP contribution in [0, 0.1) is 50.2 Å². The van der Waals surface area contributed by atoms with Crippen molar-refractivity contribution in [3.63, 3.8) is 0 Å². The molecule has 119 heavy (non-hydrogen) atoms. The maximum atomic E-state index is 12.6. The second-order valence-corrected chi connectivity index (χ2v) is 26.8. The van der Waals surface area contributed by atoms with Crippen molar-refractivity contribution >= 4 is 86.6 Å². The summed E-state index contributed by atoms with van der Waals surface area (Å²) in [6, 6.07) is 110. The minimum atomic E-state index is -4.38. The van der Waals surface area contributed by atoms with E-state index >= 15 is 0 Å². The Bertz CT molecular complexity index is 6910. The maximum absolute atomic E-state index is 12.6. The third kappa shape index (κ3) is 20.4. The van der Waals surface area contributed by atoms with Crippen LogP contribution in [0.1, 0.15) is 16.7 Å². The third-order valence-corrected chi connectivity index (χ3v) is 19.0. The van der Waals surface area contributed by atoms with Crippen molar-refractivity contribution < 1.29 is 73.5 Å². The number of hydrogen-bond acceptors (Lipinski definition) is 12.